The zero-order chi connectivity index (χ0) is 13.4. The van der Waals surface area contributed by atoms with Crippen molar-refractivity contribution in [2.24, 2.45) is 5.73 Å². The Kier molecular flexibility index (Phi) is 3.06. The lowest BCUT2D eigenvalue weighted by Gasteiger charge is -2.57. The fraction of sp³-hybridized carbons (Fsp3) is 0.500. The van der Waals surface area contributed by atoms with Gasteiger partial charge in [-0.25, -0.2) is 4.79 Å². The molecule has 1 amide bonds. The van der Waals surface area contributed by atoms with E-state index in [2.05, 4.69) is 29.2 Å². The van der Waals surface area contributed by atoms with Crippen LogP contribution in [0.3, 0.4) is 0 Å². The van der Waals surface area contributed by atoms with Crippen molar-refractivity contribution in [2.75, 3.05) is 24.5 Å². The maximum absolute atomic E-state index is 11.0. The van der Waals surface area contributed by atoms with Gasteiger partial charge in [0, 0.05) is 30.9 Å². The van der Waals surface area contributed by atoms with Gasteiger partial charge >= 0.3 is 6.09 Å². The Balaban J connectivity index is 1.70. The lowest BCUT2D eigenvalue weighted by atomic mass is 9.86. The summed E-state index contributed by atoms with van der Waals surface area (Å²) >= 11 is 0. The first-order valence-corrected chi connectivity index (χ1v) is 6.74. The van der Waals surface area contributed by atoms with Crippen molar-refractivity contribution in [3.63, 3.8) is 0 Å². The van der Waals surface area contributed by atoms with Crippen molar-refractivity contribution in [2.45, 2.75) is 24.9 Å². The van der Waals surface area contributed by atoms with Crippen molar-refractivity contribution in [1.82, 2.24) is 4.90 Å². The van der Waals surface area contributed by atoms with Gasteiger partial charge in [0.15, 0.2) is 0 Å². The predicted octanol–water partition coefficient (Wildman–Crippen LogP) is 1.13. The quantitative estimate of drug-likeness (QED) is 0.855. The highest BCUT2D eigenvalue weighted by Gasteiger charge is 2.45. The molecule has 2 aliphatic rings. The van der Waals surface area contributed by atoms with Gasteiger partial charge in [-0.05, 0) is 37.1 Å². The topological polar surface area (TPSA) is 69.8 Å². The lowest BCUT2D eigenvalue weighted by Crippen LogP contribution is -2.69. The van der Waals surface area contributed by atoms with Gasteiger partial charge < -0.3 is 20.6 Å². The second kappa shape index (κ2) is 4.74. The molecule has 2 saturated heterocycles. The van der Waals surface area contributed by atoms with Crippen molar-refractivity contribution in [1.29, 1.82) is 0 Å². The number of amides is 1. The van der Waals surface area contributed by atoms with E-state index in [1.165, 1.54) is 16.2 Å². The third-order valence-corrected chi connectivity index (χ3v) is 4.13. The fourth-order valence-electron chi connectivity index (χ4n) is 3.19. The molecule has 0 aromatic heterocycles. The first-order valence-electron chi connectivity index (χ1n) is 6.74. The Morgan fingerprint density at radius 1 is 1.26 bits per heavy atom. The maximum atomic E-state index is 11.0. The zero-order valence-corrected chi connectivity index (χ0v) is 10.8. The highest BCUT2D eigenvalue weighted by molar-refractivity contribution is 5.67. The molecule has 2 bridgehead atoms. The number of piperazine rings is 1. The number of carbonyl (C=O) groups is 1. The minimum atomic E-state index is -0.798. The summed E-state index contributed by atoms with van der Waals surface area (Å²) in [6, 6.07) is 9.17. The number of nitrogens with zero attached hydrogens (tertiary/aromatic N) is 2. The van der Waals surface area contributed by atoms with Crippen LogP contribution in [0.2, 0.25) is 0 Å². The first kappa shape index (κ1) is 12.3. The van der Waals surface area contributed by atoms with E-state index in [1.54, 1.807) is 0 Å². The molecule has 3 N–H and O–H groups in total. The van der Waals surface area contributed by atoms with Crippen LogP contribution in [-0.2, 0) is 6.42 Å². The molecule has 19 heavy (non-hydrogen) atoms. The van der Waals surface area contributed by atoms with Crippen molar-refractivity contribution >= 4 is 11.8 Å². The number of benzene rings is 1. The molecule has 2 fully saturated rings. The van der Waals surface area contributed by atoms with Crippen LogP contribution in [0.15, 0.2) is 24.3 Å². The van der Waals surface area contributed by atoms with Gasteiger partial charge in [0.05, 0.1) is 0 Å². The molecule has 2 atom stereocenters. The summed E-state index contributed by atoms with van der Waals surface area (Å²) in [6.07, 6.45) is 1.21. The van der Waals surface area contributed by atoms with E-state index in [1.807, 2.05) is 0 Å². The SMILES string of the molecule is NCCc1ccc(N2C3CC2CN(C(=O)O)C3)cc1. The Morgan fingerprint density at radius 3 is 2.42 bits per heavy atom. The fourth-order valence-corrected chi connectivity index (χ4v) is 3.19. The number of carboxylic acid groups (broad SMARTS) is 1. The maximum Gasteiger partial charge on any atom is 0.407 e. The van der Waals surface area contributed by atoms with E-state index in [0.717, 1.165) is 12.8 Å². The van der Waals surface area contributed by atoms with Crippen LogP contribution in [0.1, 0.15) is 12.0 Å². The summed E-state index contributed by atoms with van der Waals surface area (Å²) < 4.78 is 0. The summed E-state index contributed by atoms with van der Waals surface area (Å²) in [5.74, 6) is 0. The van der Waals surface area contributed by atoms with Gasteiger partial charge in [-0.2, -0.15) is 0 Å². The molecule has 5 heteroatoms. The average Bonchev–Trinajstić information content (AvgIpc) is 2.41. The van der Waals surface area contributed by atoms with Crippen LogP contribution in [0, 0.1) is 0 Å². The van der Waals surface area contributed by atoms with E-state index < -0.39 is 6.09 Å². The number of rotatable bonds is 3. The molecule has 1 aromatic carbocycles. The smallest absolute Gasteiger partial charge is 0.407 e. The standard InChI is InChI=1S/C14H19N3O2/c15-6-5-10-1-3-11(4-2-10)17-12-7-13(17)9-16(8-12)14(18)19/h1-4,12-13H,5-9,15H2,(H,18,19). The molecule has 0 spiro atoms. The van der Waals surface area contributed by atoms with Crippen molar-refractivity contribution in [3.05, 3.63) is 29.8 Å². The number of fused-ring (bicyclic) bond motifs is 2. The molecule has 2 aliphatic heterocycles. The predicted molar refractivity (Wildman–Crippen MR) is 73.5 cm³/mol. The van der Waals surface area contributed by atoms with Gasteiger partial charge in [0.2, 0.25) is 0 Å². The summed E-state index contributed by atoms with van der Waals surface area (Å²) in [4.78, 5) is 14.9. The third kappa shape index (κ3) is 2.14. The van der Waals surface area contributed by atoms with Crippen LogP contribution in [0.25, 0.3) is 0 Å². The van der Waals surface area contributed by atoms with E-state index >= 15 is 0 Å². The van der Waals surface area contributed by atoms with Crippen LogP contribution < -0.4 is 10.6 Å². The Bertz CT molecular complexity index is 462. The second-order valence-corrected chi connectivity index (χ2v) is 5.34. The highest BCUT2D eigenvalue weighted by Crippen LogP contribution is 2.36. The van der Waals surface area contributed by atoms with Gasteiger partial charge in [0.1, 0.15) is 0 Å². The second-order valence-electron chi connectivity index (χ2n) is 5.34. The summed E-state index contributed by atoms with van der Waals surface area (Å²) in [6.45, 7) is 1.91. The molecule has 102 valence electrons. The van der Waals surface area contributed by atoms with Gasteiger partial charge in [-0.3, -0.25) is 0 Å². The van der Waals surface area contributed by atoms with Crippen molar-refractivity contribution in [3.8, 4) is 0 Å². The van der Waals surface area contributed by atoms with Crippen LogP contribution in [0.5, 0.6) is 0 Å². The average molecular weight is 261 g/mol. The summed E-state index contributed by atoms with van der Waals surface area (Å²) in [5.41, 5.74) is 8.00. The van der Waals surface area contributed by atoms with E-state index in [9.17, 15) is 4.79 Å². The van der Waals surface area contributed by atoms with Gasteiger partial charge in [-0.15, -0.1) is 0 Å². The number of piperidine rings is 1. The largest absolute Gasteiger partial charge is 0.465 e. The molecular formula is C14H19N3O2. The number of likely N-dealkylation sites (tertiary alicyclic amines) is 1. The Labute approximate surface area is 112 Å². The minimum absolute atomic E-state index is 0.343. The zero-order valence-electron chi connectivity index (χ0n) is 10.8. The molecule has 0 saturated carbocycles. The Morgan fingerprint density at radius 2 is 1.89 bits per heavy atom. The van der Waals surface area contributed by atoms with E-state index in [-0.39, 0.29) is 0 Å². The summed E-state index contributed by atoms with van der Waals surface area (Å²) in [7, 11) is 0. The van der Waals surface area contributed by atoms with Gasteiger partial charge in [0.25, 0.3) is 0 Å². The number of nitrogens with two attached hydrogens (primary N) is 1. The first-order chi connectivity index (χ1) is 9.19. The molecule has 2 unspecified atom stereocenters. The molecule has 5 nitrogen and oxygen atoms in total. The van der Waals surface area contributed by atoms with Crippen LogP contribution in [0.4, 0.5) is 10.5 Å². The van der Waals surface area contributed by atoms with Gasteiger partial charge in [-0.1, -0.05) is 12.1 Å². The number of hydrogen-bond acceptors (Lipinski definition) is 3. The van der Waals surface area contributed by atoms with Crippen LogP contribution in [-0.4, -0.2) is 47.8 Å². The molecule has 2 heterocycles. The monoisotopic (exact) mass is 261 g/mol. The lowest BCUT2D eigenvalue weighted by molar-refractivity contribution is 0.0933. The van der Waals surface area contributed by atoms with Crippen molar-refractivity contribution < 1.29 is 9.90 Å². The summed E-state index contributed by atoms with van der Waals surface area (Å²) in [5, 5.41) is 9.02. The molecule has 0 aliphatic carbocycles. The van der Waals surface area contributed by atoms with E-state index in [0.29, 0.717) is 31.7 Å². The third-order valence-electron chi connectivity index (χ3n) is 4.13. The molecule has 0 radical (unpaired) electrons. The molecule has 3 rings (SSSR count). The van der Waals surface area contributed by atoms with Crippen LogP contribution >= 0.6 is 0 Å². The number of hydrogen-bond donors (Lipinski definition) is 2. The Hall–Kier alpha value is -1.75. The number of anilines is 1. The highest BCUT2D eigenvalue weighted by atomic mass is 16.4. The molecule has 1 aromatic rings. The normalized spacial score (nSPS) is 25.1. The van der Waals surface area contributed by atoms with E-state index in [4.69, 9.17) is 10.8 Å². The molecular weight excluding hydrogens is 242 g/mol. The minimum Gasteiger partial charge on any atom is -0.465 e.